The van der Waals surface area contributed by atoms with Crippen molar-refractivity contribution in [2.24, 2.45) is 5.73 Å². The Kier molecular flexibility index (Phi) is 2.88. The van der Waals surface area contributed by atoms with Crippen LogP contribution in [0.4, 0.5) is 0 Å². The van der Waals surface area contributed by atoms with Crippen LogP contribution in [-0.2, 0) is 4.74 Å². The molecule has 5 atom stereocenters. The fraction of sp³-hybridized carbons (Fsp3) is 1.00. The predicted octanol–water partition coefficient (Wildman–Crippen LogP) is -3.94. The molecule has 0 amide bonds. The summed E-state index contributed by atoms with van der Waals surface area (Å²) in [5.74, 6) is 0. The Morgan fingerprint density at radius 1 is 1.31 bits per heavy atom. The summed E-state index contributed by atoms with van der Waals surface area (Å²) in [6.07, 6.45) is -6.31. The Labute approximate surface area is 74.0 Å². The average Bonchev–Trinajstić information content (AvgIpc) is 2.09. The third-order valence-electron chi connectivity index (χ3n) is 2.06. The van der Waals surface area contributed by atoms with Gasteiger partial charge in [0.2, 0.25) is 6.29 Å². The van der Waals surface area contributed by atoms with Gasteiger partial charge in [-0.15, -0.1) is 0 Å². The zero-order valence-corrected chi connectivity index (χ0v) is 6.74. The lowest BCUT2D eigenvalue weighted by molar-refractivity contribution is -0.327. The van der Waals surface area contributed by atoms with Crippen molar-refractivity contribution in [3.8, 4) is 0 Å². The van der Waals surface area contributed by atoms with E-state index in [1.54, 1.807) is 0 Å². The van der Waals surface area contributed by atoms with Crippen LogP contribution in [0.2, 0.25) is 0 Å². The van der Waals surface area contributed by atoms with E-state index in [1.165, 1.54) is 0 Å². The van der Waals surface area contributed by atoms with E-state index in [4.69, 9.17) is 15.9 Å². The van der Waals surface area contributed by atoms with Gasteiger partial charge in [-0.25, -0.2) is 0 Å². The zero-order chi connectivity index (χ0) is 10.2. The summed E-state index contributed by atoms with van der Waals surface area (Å²) in [7, 11) is 0. The third-order valence-corrected chi connectivity index (χ3v) is 2.06. The number of aliphatic hydroxyl groups excluding tert-OH is 4. The van der Waals surface area contributed by atoms with Crippen LogP contribution in [0.25, 0.3) is 0 Å². The van der Waals surface area contributed by atoms with Gasteiger partial charge in [0.15, 0.2) is 5.72 Å². The monoisotopic (exact) mass is 195 g/mol. The summed E-state index contributed by atoms with van der Waals surface area (Å²) < 4.78 is 4.55. The molecule has 1 fully saturated rings. The van der Waals surface area contributed by atoms with Gasteiger partial charge in [-0.05, 0) is 0 Å². The van der Waals surface area contributed by atoms with Gasteiger partial charge in [-0.1, -0.05) is 0 Å². The van der Waals surface area contributed by atoms with E-state index in [1.807, 2.05) is 0 Å². The lowest BCUT2D eigenvalue weighted by atomic mass is 9.94. The molecule has 1 aliphatic heterocycles. The maximum absolute atomic E-state index is 9.21. The quantitative estimate of drug-likeness (QED) is 0.235. The maximum Gasteiger partial charge on any atom is 0.200 e. The first kappa shape index (κ1) is 10.8. The highest BCUT2D eigenvalue weighted by Gasteiger charge is 2.51. The van der Waals surface area contributed by atoms with Crippen LogP contribution in [0.3, 0.4) is 0 Å². The summed E-state index contributed by atoms with van der Waals surface area (Å²) in [4.78, 5) is 0. The fourth-order valence-corrected chi connectivity index (χ4v) is 1.13. The molecule has 1 heterocycles. The summed E-state index contributed by atoms with van der Waals surface area (Å²) in [5.41, 5.74) is 2.64. The number of aliphatic hydroxyl groups is 5. The summed E-state index contributed by atoms with van der Waals surface area (Å²) in [5, 5.41) is 45.3. The highest BCUT2D eigenvalue weighted by atomic mass is 16.6. The van der Waals surface area contributed by atoms with Crippen molar-refractivity contribution in [1.29, 1.82) is 0 Å². The lowest BCUT2D eigenvalue weighted by Crippen LogP contribution is -2.70. The second kappa shape index (κ2) is 3.46. The van der Waals surface area contributed by atoms with Crippen molar-refractivity contribution >= 4 is 0 Å². The van der Waals surface area contributed by atoms with Gasteiger partial charge in [0.1, 0.15) is 18.3 Å². The Morgan fingerprint density at radius 3 is 2.31 bits per heavy atom. The van der Waals surface area contributed by atoms with E-state index in [0.717, 1.165) is 0 Å². The molecule has 7 heteroatoms. The van der Waals surface area contributed by atoms with Crippen LogP contribution >= 0.6 is 0 Å². The van der Waals surface area contributed by atoms with Gasteiger partial charge in [0, 0.05) is 0 Å². The van der Waals surface area contributed by atoms with Crippen LogP contribution in [-0.4, -0.2) is 62.5 Å². The Hall–Kier alpha value is -0.280. The molecule has 78 valence electrons. The largest absolute Gasteiger partial charge is 0.394 e. The summed E-state index contributed by atoms with van der Waals surface area (Å²) in [6, 6.07) is 0. The minimum Gasteiger partial charge on any atom is -0.394 e. The first-order valence-electron chi connectivity index (χ1n) is 3.73. The molecule has 0 aromatic rings. The van der Waals surface area contributed by atoms with Gasteiger partial charge in [0.05, 0.1) is 6.61 Å². The molecule has 0 aromatic heterocycles. The number of hydrogen-bond acceptors (Lipinski definition) is 7. The minimum atomic E-state index is -2.43. The van der Waals surface area contributed by atoms with E-state index < -0.39 is 36.9 Å². The van der Waals surface area contributed by atoms with Crippen molar-refractivity contribution in [2.45, 2.75) is 30.3 Å². The van der Waals surface area contributed by atoms with Crippen molar-refractivity contribution in [3.05, 3.63) is 0 Å². The normalized spacial score (nSPS) is 52.2. The van der Waals surface area contributed by atoms with Crippen LogP contribution < -0.4 is 5.73 Å². The number of hydrogen-bond donors (Lipinski definition) is 6. The molecule has 0 radical (unpaired) electrons. The molecule has 13 heavy (non-hydrogen) atoms. The molecule has 1 saturated heterocycles. The summed E-state index contributed by atoms with van der Waals surface area (Å²) >= 11 is 0. The van der Waals surface area contributed by atoms with Crippen molar-refractivity contribution < 1.29 is 30.3 Å². The lowest BCUT2D eigenvalue weighted by Gasteiger charge is -2.43. The van der Waals surface area contributed by atoms with Gasteiger partial charge in [-0.2, -0.15) is 0 Å². The van der Waals surface area contributed by atoms with Crippen molar-refractivity contribution in [1.82, 2.24) is 0 Å². The highest BCUT2D eigenvalue weighted by Crippen LogP contribution is 2.24. The van der Waals surface area contributed by atoms with E-state index in [-0.39, 0.29) is 0 Å². The van der Waals surface area contributed by atoms with Crippen molar-refractivity contribution in [2.75, 3.05) is 6.61 Å². The van der Waals surface area contributed by atoms with Crippen LogP contribution in [0, 0.1) is 0 Å². The maximum atomic E-state index is 9.21. The molecule has 7 N–H and O–H groups in total. The number of ether oxygens (including phenoxy) is 1. The molecule has 0 spiro atoms. The molecule has 1 aliphatic rings. The fourth-order valence-electron chi connectivity index (χ4n) is 1.13. The van der Waals surface area contributed by atoms with Crippen LogP contribution in [0.5, 0.6) is 0 Å². The Morgan fingerprint density at radius 2 is 1.85 bits per heavy atom. The van der Waals surface area contributed by atoms with Gasteiger partial charge < -0.3 is 30.3 Å². The van der Waals surface area contributed by atoms with Crippen LogP contribution in [0.1, 0.15) is 0 Å². The SMILES string of the molecule is N[C@]1(O)[C@@H](O)O[C@H](CO)[C@@H](O)[C@@H]1O. The molecule has 0 unspecified atom stereocenters. The third kappa shape index (κ3) is 1.67. The molecule has 0 aliphatic carbocycles. The molecule has 7 nitrogen and oxygen atoms in total. The van der Waals surface area contributed by atoms with Crippen LogP contribution in [0.15, 0.2) is 0 Å². The molecule has 0 aromatic carbocycles. The Balaban J connectivity index is 2.79. The van der Waals surface area contributed by atoms with Gasteiger partial charge in [0.25, 0.3) is 0 Å². The topological polar surface area (TPSA) is 136 Å². The van der Waals surface area contributed by atoms with Gasteiger partial charge >= 0.3 is 0 Å². The molecule has 0 bridgehead atoms. The average molecular weight is 195 g/mol. The van der Waals surface area contributed by atoms with E-state index >= 15 is 0 Å². The van der Waals surface area contributed by atoms with E-state index in [0.29, 0.717) is 0 Å². The summed E-state index contributed by atoms with van der Waals surface area (Å²) in [6.45, 7) is -0.592. The standard InChI is InChI=1S/C6H13NO6/c7-6(12)4(10)3(9)2(1-8)13-5(6)11/h2-5,8-12H,1,7H2/t2-,3-,4+,5+,6-/m1/s1. The number of nitrogens with two attached hydrogens (primary N) is 1. The molecule has 0 saturated carbocycles. The molecule has 1 rings (SSSR count). The predicted molar refractivity (Wildman–Crippen MR) is 39.1 cm³/mol. The van der Waals surface area contributed by atoms with Crippen molar-refractivity contribution in [3.63, 3.8) is 0 Å². The second-order valence-corrected chi connectivity index (χ2v) is 3.03. The second-order valence-electron chi connectivity index (χ2n) is 3.03. The Bertz CT molecular complexity index is 186. The highest BCUT2D eigenvalue weighted by molar-refractivity contribution is 4.95. The molecular formula is C6H13NO6. The zero-order valence-electron chi connectivity index (χ0n) is 6.74. The first-order valence-corrected chi connectivity index (χ1v) is 3.73. The van der Waals surface area contributed by atoms with Gasteiger partial charge in [-0.3, -0.25) is 5.73 Å². The molecular weight excluding hydrogens is 182 g/mol. The number of rotatable bonds is 1. The van der Waals surface area contributed by atoms with E-state index in [9.17, 15) is 15.3 Å². The first-order chi connectivity index (χ1) is 5.91. The van der Waals surface area contributed by atoms with E-state index in [2.05, 4.69) is 4.74 Å². The smallest absolute Gasteiger partial charge is 0.200 e. The minimum absolute atomic E-state index is 0.592.